The minimum atomic E-state index is -0.0960. The maximum atomic E-state index is 13.7. The van der Waals surface area contributed by atoms with E-state index in [0.717, 1.165) is 36.1 Å². The molecule has 2 aromatic carbocycles. The van der Waals surface area contributed by atoms with Crippen LogP contribution in [-0.2, 0) is 24.8 Å². The molecule has 2 N–H and O–H groups in total. The van der Waals surface area contributed by atoms with Crippen LogP contribution in [-0.4, -0.2) is 45.2 Å². The first-order valence-corrected chi connectivity index (χ1v) is 10.9. The molecule has 0 aromatic heterocycles. The van der Waals surface area contributed by atoms with Gasteiger partial charge in [0.15, 0.2) is 0 Å². The van der Waals surface area contributed by atoms with Crippen molar-refractivity contribution in [3.63, 3.8) is 0 Å². The van der Waals surface area contributed by atoms with Crippen LogP contribution in [0, 0.1) is 5.41 Å². The molecule has 30 heavy (non-hydrogen) atoms. The largest absolute Gasteiger partial charge is 0.508 e. The highest BCUT2D eigenvalue weighted by Crippen LogP contribution is 2.57. The number of nitrogens with zero attached hydrogens (tertiary/aromatic N) is 2. The van der Waals surface area contributed by atoms with Crippen LogP contribution in [0.3, 0.4) is 0 Å². The Morgan fingerprint density at radius 2 is 1.87 bits per heavy atom. The quantitative estimate of drug-likeness (QED) is 0.690. The highest BCUT2D eigenvalue weighted by molar-refractivity contribution is 5.76. The van der Waals surface area contributed by atoms with E-state index in [0.29, 0.717) is 25.3 Å². The summed E-state index contributed by atoms with van der Waals surface area (Å²) in [4.78, 5) is 17.7. The van der Waals surface area contributed by atoms with E-state index in [1.165, 1.54) is 5.56 Å². The number of piperidine rings is 1. The molecular weight excluding hydrogens is 376 g/mol. The van der Waals surface area contributed by atoms with Crippen molar-refractivity contribution in [1.82, 2.24) is 9.80 Å². The van der Waals surface area contributed by atoms with Crippen molar-refractivity contribution in [3.8, 4) is 11.5 Å². The number of urea groups is 1. The van der Waals surface area contributed by atoms with E-state index in [2.05, 4.69) is 31.7 Å². The molecule has 2 aromatic rings. The molecule has 158 valence electrons. The van der Waals surface area contributed by atoms with Gasteiger partial charge in [0.2, 0.25) is 0 Å². The van der Waals surface area contributed by atoms with Crippen molar-refractivity contribution in [2.75, 3.05) is 13.1 Å². The number of aromatic hydroxyl groups is 2. The lowest BCUT2D eigenvalue weighted by Crippen LogP contribution is -2.66. The lowest BCUT2D eigenvalue weighted by atomic mass is 9.51. The summed E-state index contributed by atoms with van der Waals surface area (Å²) in [7, 11) is 0. The molecule has 0 saturated carbocycles. The zero-order valence-electron chi connectivity index (χ0n) is 18.0. The summed E-state index contributed by atoms with van der Waals surface area (Å²) in [6.07, 6.45) is 2.34. The minimum Gasteiger partial charge on any atom is -0.508 e. The molecule has 5 rings (SSSR count). The van der Waals surface area contributed by atoms with Crippen LogP contribution in [0.25, 0.3) is 0 Å². The number of benzene rings is 2. The number of carbonyl (C=O) groups is 1. The maximum Gasteiger partial charge on any atom is 0.320 e. The maximum absolute atomic E-state index is 13.7. The van der Waals surface area contributed by atoms with E-state index in [1.54, 1.807) is 12.1 Å². The third-order valence-corrected chi connectivity index (χ3v) is 8.35. The Balaban J connectivity index is 1.47. The molecule has 5 heteroatoms. The van der Waals surface area contributed by atoms with Gasteiger partial charge in [-0.05, 0) is 65.1 Å². The van der Waals surface area contributed by atoms with Crippen molar-refractivity contribution >= 4 is 6.03 Å². The molecule has 3 aliphatic rings. The summed E-state index contributed by atoms with van der Waals surface area (Å²) >= 11 is 0. The highest BCUT2D eigenvalue weighted by Gasteiger charge is 2.57. The average Bonchev–Trinajstić information content (AvgIpc) is 2.70. The number of hydrogen-bond donors (Lipinski definition) is 2. The lowest BCUT2D eigenvalue weighted by molar-refractivity contribution is -0.0245. The van der Waals surface area contributed by atoms with E-state index >= 15 is 0 Å². The highest BCUT2D eigenvalue weighted by atomic mass is 16.3. The van der Waals surface area contributed by atoms with Gasteiger partial charge in [0.25, 0.3) is 0 Å². The minimum absolute atomic E-state index is 0.0470. The van der Waals surface area contributed by atoms with E-state index in [-0.39, 0.29) is 28.7 Å². The Bertz CT molecular complexity index is 1030. The number of phenolic OH excluding ortho intramolecular Hbond substituents is 2. The van der Waals surface area contributed by atoms with Gasteiger partial charge in [0.05, 0.1) is 0 Å². The fourth-order valence-electron chi connectivity index (χ4n) is 6.04. The van der Waals surface area contributed by atoms with Gasteiger partial charge in [0, 0.05) is 31.1 Å². The number of amides is 2. The Labute approximate surface area is 177 Å². The lowest BCUT2D eigenvalue weighted by Gasteiger charge is -2.61. The normalized spacial score (nSPS) is 26.7. The van der Waals surface area contributed by atoms with Crippen molar-refractivity contribution in [3.05, 3.63) is 58.7 Å². The molecular formula is C25H30N2O3. The summed E-state index contributed by atoms with van der Waals surface area (Å²) in [6, 6.07) is 11.4. The van der Waals surface area contributed by atoms with Gasteiger partial charge in [-0.3, -0.25) is 0 Å². The molecule has 2 amide bonds. The molecule has 1 aliphatic carbocycles. The van der Waals surface area contributed by atoms with Gasteiger partial charge in [-0.1, -0.05) is 39.0 Å². The van der Waals surface area contributed by atoms with Gasteiger partial charge in [-0.2, -0.15) is 0 Å². The smallest absolute Gasteiger partial charge is 0.320 e. The van der Waals surface area contributed by atoms with E-state index in [1.807, 2.05) is 23.1 Å². The Morgan fingerprint density at radius 3 is 2.67 bits per heavy atom. The molecule has 0 spiro atoms. The van der Waals surface area contributed by atoms with E-state index in [4.69, 9.17) is 0 Å². The van der Waals surface area contributed by atoms with E-state index < -0.39 is 0 Å². The van der Waals surface area contributed by atoms with Gasteiger partial charge in [-0.15, -0.1) is 0 Å². The third-order valence-electron chi connectivity index (χ3n) is 8.35. The molecule has 1 saturated heterocycles. The average molecular weight is 407 g/mol. The van der Waals surface area contributed by atoms with Gasteiger partial charge >= 0.3 is 6.03 Å². The van der Waals surface area contributed by atoms with Crippen LogP contribution in [0.1, 0.15) is 49.4 Å². The molecule has 1 fully saturated rings. The Morgan fingerprint density at radius 1 is 1.07 bits per heavy atom. The SMILES string of the molecule is CC1(C)[C@H]2Cc3c(O)cccc3[C@]1(C)CCN2C(=O)N1CCc2cc(O)ccc2C1. The van der Waals surface area contributed by atoms with Crippen LogP contribution in [0.2, 0.25) is 0 Å². The molecule has 2 heterocycles. The van der Waals surface area contributed by atoms with E-state index in [9.17, 15) is 15.0 Å². The molecule has 0 radical (unpaired) electrons. The first kappa shape index (κ1) is 19.3. The number of phenols is 2. The summed E-state index contributed by atoms with van der Waals surface area (Å²) in [6.45, 7) is 8.83. The van der Waals surface area contributed by atoms with Crippen molar-refractivity contribution < 1.29 is 15.0 Å². The summed E-state index contributed by atoms with van der Waals surface area (Å²) in [5, 5.41) is 20.3. The second-order valence-corrected chi connectivity index (χ2v) is 9.93. The summed E-state index contributed by atoms with van der Waals surface area (Å²) in [5.41, 5.74) is 4.31. The fraction of sp³-hybridized carbons (Fsp3) is 0.480. The van der Waals surface area contributed by atoms with Crippen molar-refractivity contribution in [2.24, 2.45) is 5.41 Å². The number of hydrogen-bond acceptors (Lipinski definition) is 3. The van der Waals surface area contributed by atoms with Crippen LogP contribution >= 0.6 is 0 Å². The molecule has 0 unspecified atom stereocenters. The van der Waals surface area contributed by atoms with Gasteiger partial charge in [0.1, 0.15) is 11.5 Å². The van der Waals surface area contributed by atoms with Crippen molar-refractivity contribution in [1.29, 1.82) is 0 Å². The van der Waals surface area contributed by atoms with Crippen LogP contribution < -0.4 is 0 Å². The van der Waals surface area contributed by atoms with Gasteiger partial charge in [-0.25, -0.2) is 4.79 Å². The van der Waals surface area contributed by atoms with Crippen molar-refractivity contribution in [2.45, 2.75) is 58.0 Å². The zero-order valence-corrected chi connectivity index (χ0v) is 18.0. The first-order valence-electron chi connectivity index (χ1n) is 10.9. The number of fused-ring (bicyclic) bond motifs is 5. The van der Waals surface area contributed by atoms with Gasteiger partial charge < -0.3 is 20.0 Å². The standard InChI is InChI=1S/C25H30N2O3/c1-24(2)22-14-19-20(5-4-6-21(19)29)25(24,3)10-12-27(22)23(30)26-11-9-16-13-18(28)8-7-17(16)15-26/h4-8,13,22,28-29H,9-12,14-15H2,1-3H3/t22-,25+/m1/s1. The number of carbonyl (C=O) groups excluding carboxylic acids is 1. The topological polar surface area (TPSA) is 64.0 Å². The monoisotopic (exact) mass is 406 g/mol. The first-order chi connectivity index (χ1) is 14.2. The Kier molecular flexibility index (Phi) is 4.12. The second-order valence-electron chi connectivity index (χ2n) is 9.93. The van der Waals surface area contributed by atoms with Crippen LogP contribution in [0.5, 0.6) is 11.5 Å². The predicted octanol–water partition coefficient (Wildman–Crippen LogP) is 4.19. The fourth-order valence-corrected chi connectivity index (χ4v) is 6.04. The van der Waals surface area contributed by atoms with Crippen LogP contribution in [0.4, 0.5) is 4.79 Å². The predicted molar refractivity (Wildman–Crippen MR) is 116 cm³/mol. The number of rotatable bonds is 0. The second kappa shape index (κ2) is 6.40. The zero-order chi connectivity index (χ0) is 21.3. The molecule has 2 bridgehead atoms. The Hall–Kier alpha value is -2.69. The summed E-state index contributed by atoms with van der Waals surface area (Å²) < 4.78 is 0. The summed E-state index contributed by atoms with van der Waals surface area (Å²) in [5.74, 6) is 0.631. The molecule has 2 atom stereocenters. The molecule has 2 aliphatic heterocycles. The van der Waals surface area contributed by atoms with Crippen LogP contribution in [0.15, 0.2) is 36.4 Å². The third kappa shape index (κ3) is 2.57. The molecule has 5 nitrogen and oxygen atoms in total. The number of likely N-dealkylation sites (tertiary alicyclic amines) is 1.